The number of amides is 1. The van der Waals surface area contributed by atoms with Gasteiger partial charge in [0.2, 0.25) is 0 Å². The van der Waals surface area contributed by atoms with Crippen molar-refractivity contribution in [2.24, 2.45) is 0 Å². The van der Waals surface area contributed by atoms with E-state index < -0.39 is 0 Å². The molecule has 4 heteroatoms. The summed E-state index contributed by atoms with van der Waals surface area (Å²) in [7, 11) is 2.25. The lowest BCUT2D eigenvalue weighted by Crippen LogP contribution is -2.37. The maximum atomic E-state index is 13.5. The lowest BCUT2D eigenvalue weighted by molar-refractivity contribution is 0.0951. The Hall–Kier alpha value is -3.24. The third-order valence-electron chi connectivity index (χ3n) is 7.12. The van der Waals surface area contributed by atoms with E-state index in [9.17, 15) is 9.18 Å². The van der Waals surface area contributed by atoms with Crippen LogP contribution in [-0.2, 0) is 6.54 Å². The molecule has 3 aromatic rings. The molecule has 2 aliphatic heterocycles. The zero-order valence-electron chi connectivity index (χ0n) is 18.9. The van der Waals surface area contributed by atoms with Crippen molar-refractivity contribution in [2.75, 3.05) is 7.05 Å². The summed E-state index contributed by atoms with van der Waals surface area (Å²) in [5, 5.41) is 2.93. The average molecular weight is 441 g/mol. The zero-order chi connectivity index (χ0) is 22.8. The molecule has 33 heavy (non-hydrogen) atoms. The number of carbonyl (C=O) groups excluding carboxylic acids is 1. The van der Waals surface area contributed by atoms with Crippen molar-refractivity contribution in [1.82, 2.24) is 10.2 Å². The molecule has 3 aromatic carbocycles. The molecular weight excluding hydrogens is 411 g/mol. The topological polar surface area (TPSA) is 32.3 Å². The summed E-state index contributed by atoms with van der Waals surface area (Å²) in [5.41, 5.74) is 6.40. The quantitative estimate of drug-likeness (QED) is 0.543. The van der Waals surface area contributed by atoms with E-state index in [1.54, 1.807) is 6.07 Å². The first-order chi connectivity index (χ1) is 16.1. The highest BCUT2D eigenvalue weighted by Gasteiger charge is 2.37. The predicted molar refractivity (Wildman–Crippen MR) is 130 cm³/mol. The summed E-state index contributed by atoms with van der Waals surface area (Å²) in [6.45, 7) is 0.295. The van der Waals surface area contributed by atoms with Gasteiger partial charge < -0.3 is 5.32 Å². The number of hydrogen-bond acceptors (Lipinski definition) is 2. The van der Waals surface area contributed by atoms with Crippen LogP contribution in [0, 0.1) is 5.82 Å². The highest BCUT2D eigenvalue weighted by atomic mass is 19.1. The van der Waals surface area contributed by atoms with Gasteiger partial charge in [-0.1, -0.05) is 60.2 Å². The van der Waals surface area contributed by atoms with Crippen molar-refractivity contribution >= 4 is 11.5 Å². The molecule has 5 rings (SSSR count). The summed E-state index contributed by atoms with van der Waals surface area (Å²) in [6, 6.07) is 26.0. The number of nitrogens with zero attached hydrogens (tertiary/aromatic N) is 1. The van der Waals surface area contributed by atoms with E-state index in [1.807, 2.05) is 30.3 Å². The molecule has 0 saturated carbocycles. The van der Waals surface area contributed by atoms with E-state index in [1.165, 1.54) is 41.7 Å². The minimum atomic E-state index is -0.296. The maximum absolute atomic E-state index is 13.5. The first-order valence-corrected chi connectivity index (χ1v) is 11.7. The van der Waals surface area contributed by atoms with E-state index in [-0.39, 0.29) is 11.7 Å². The molecule has 1 N–H and O–H groups in total. The fourth-order valence-electron chi connectivity index (χ4n) is 5.37. The van der Waals surface area contributed by atoms with Gasteiger partial charge in [0.1, 0.15) is 5.82 Å². The van der Waals surface area contributed by atoms with Gasteiger partial charge in [0, 0.05) is 24.2 Å². The van der Waals surface area contributed by atoms with Gasteiger partial charge in [-0.15, -0.1) is 0 Å². The Morgan fingerprint density at radius 3 is 2.27 bits per heavy atom. The molecule has 2 unspecified atom stereocenters. The van der Waals surface area contributed by atoms with E-state index in [0.717, 1.165) is 24.0 Å². The van der Waals surface area contributed by atoms with Crippen LogP contribution in [0.2, 0.25) is 0 Å². The molecule has 2 aliphatic rings. The zero-order valence-corrected chi connectivity index (χ0v) is 18.9. The molecule has 3 nitrogen and oxygen atoms in total. The van der Waals surface area contributed by atoms with Gasteiger partial charge in [0.05, 0.1) is 0 Å². The fraction of sp³-hybridized carbons (Fsp3) is 0.276. The molecule has 2 heterocycles. The molecule has 0 aliphatic carbocycles. The van der Waals surface area contributed by atoms with Crippen LogP contribution >= 0.6 is 0 Å². The Bertz CT molecular complexity index is 1170. The van der Waals surface area contributed by atoms with Crippen LogP contribution in [0.3, 0.4) is 0 Å². The molecule has 2 bridgehead atoms. The van der Waals surface area contributed by atoms with Crippen LogP contribution in [0.4, 0.5) is 4.39 Å². The molecule has 2 fully saturated rings. The predicted octanol–water partition coefficient (Wildman–Crippen LogP) is 5.81. The van der Waals surface area contributed by atoms with Gasteiger partial charge >= 0.3 is 0 Å². The van der Waals surface area contributed by atoms with E-state index >= 15 is 0 Å². The number of rotatable bonds is 5. The molecule has 0 radical (unpaired) electrons. The van der Waals surface area contributed by atoms with E-state index in [0.29, 0.717) is 24.2 Å². The van der Waals surface area contributed by atoms with E-state index in [4.69, 9.17) is 0 Å². The molecule has 168 valence electrons. The smallest absolute Gasteiger partial charge is 0.251 e. The SMILES string of the molecule is CN1C2CCC1CC(=C(c1ccccc1)c1cccc(C(=O)NCc3cccc(F)c3)c1)C2. The van der Waals surface area contributed by atoms with Gasteiger partial charge in [0.25, 0.3) is 5.91 Å². The van der Waals surface area contributed by atoms with Crippen molar-refractivity contribution in [3.63, 3.8) is 0 Å². The molecule has 0 aromatic heterocycles. The van der Waals surface area contributed by atoms with E-state index in [2.05, 4.69) is 47.6 Å². The summed E-state index contributed by atoms with van der Waals surface area (Å²) in [4.78, 5) is 15.5. The minimum absolute atomic E-state index is 0.151. The number of halogens is 1. The van der Waals surface area contributed by atoms with Gasteiger partial charge in [-0.25, -0.2) is 4.39 Å². The molecule has 0 spiro atoms. The second kappa shape index (κ2) is 9.32. The molecule has 1 amide bonds. The standard InChI is InChI=1S/C29H29FN2O/c1-32-26-13-14-27(32)18-24(17-26)28(21-8-3-2-4-9-21)22-10-6-11-23(16-22)29(33)31-19-20-7-5-12-25(30)15-20/h2-12,15-16,26-27H,13-14,17-19H2,1H3,(H,31,33). The lowest BCUT2D eigenvalue weighted by atomic mass is 9.85. The summed E-state index contributed by atoms with van der Waals surface area (Å²) in [6.07, 6.45) is 4.67. The second-order valence-electron chi connectivity index (χ2n) is 9.20. The molecule has 2 saturated heterocycles. The Kier molecular flexibility index (Phi) is 6.10. The minimum Gasteiger partial charge on any atom is -0.348 e. The highest BCUT2D eigenvalue weighted by molar-refractivity contribution is 5.96. The summed E-state index contributed by atoms with van der Waals surface area (Å²) < 4.78 is 13.5. The van der Waals surface area contributed by atoms with Crippen LogP contribution in [0.5, 0.6) is 0 Å². The largest absolute Gasteiger partial charge is 0.348 e. The number of nitrogens with one attached hydrogen (secondary N) is 1. The first-order valence-electron chi connectivity index (χ1n) is 11.7. The van der Waals surface area contributed by atoms with Crippen molar-refractivity contribution in [2.45, 2.75) is 44.3 Å². The maximum Gasteiger partial charge on any atom is 0.251 e. The van der Waals surface area contributed by atoms with Gasteiger partial charge in [-0.3, -0.25) is 9.69 Å². The number of carbonyl (C=O) groups is 1. The number of benzene rings is 3. The summed E-state index contributed by atoms with van der Waals surface area (Å²) >= 11 is 0. The van der Waals surface area contributed by atoms with Gasteiger partial charge in [0.15, 0.2) is 0 Å². The number of hydrogen-bond donors (Lipinski definition) is 1. The monoisotopic (exact) mass is 440 g/mol. The Morgan fingerprint density at radius 2 is 1.55 bits per heavy atom. The highest BCUT2D eigenvalue weighted by Crippen LogP contribution is 2.42. The van der Waals surface area contributed by atoms with Crippen molar-refractivity contribution in [1.29, 1.82) is 0 Å². The first kappa shape index (κ1) is 21.6. The third-order valence-corrected chi connectivity index (χ3v) is 7.12. The van der Waals surface area contributed by atoms with Crippen LogP contribution in [0.1, 0.15) is 52.7 Å². The fourth-order valence-corrected chi connectivity index (χ4v) is 5.37. The van der Waals surface area contributed by atoms with Crippen LogP contribution in [-0.4, -0.2) is 29.9 Å². The Balaban J connectivity index is 1.45. The number of fused-ring (bicyclic) bond motifs is 2. The molecular formula is C29H29FN2O. The van der Waals surface area contributed by atoms with Gasteiger partial charge in [-0.2, -0.15) is 0 Å². The Labute approximate surface area is 194 Å². The second-order valence-corrected chi connectivity index (χ2v) is 9.20. The van der Waals surface area contributed by atoms with Crippen LogP contribution in [0.25, 0.3) is 5.57 Å². The summed E-state index contributed by atoms with van der Waals surface area (Å²) in [5.74, 6) is -0.447. The van der Waals surface area contributed by atoms with Crippen LogP contribution < -0.4 is 5.32 Å². The molecule has 2 atom stereocenters. The number of piperidine rings is 1. The Morgan fingerprint density at radius 1 is 0.879 bits per heavy atom. The van der Waals surface area contributed by atoms with Crippen molar-refractivity contribution in [3.05, 3.63) is 113 Å². The van der Waals surface area contributed by atoms with Crippen LogP contribution in [0.15, 0.2) is 84.4 Å². The van der Waals surface area contributed by atoms with Crippen molar-refractivity contribution in [3.8, 4) is 0 Å². The van der Waals surface area contributed by atoms with Gasteiger partial charge in [-0.05, 0) is 79.3 Å². The normalized spacial score (nSPS) is 20.0. The third kappa shape index (κ3) is 4.62. The van der Waals surface area contributed by atoms with Crippen molar-refractivity contribution < 1.29 is 9.18 Å². The lowest BCUT2D eigenvalue weighted by Gasteiger charge is -2.34. The average Bonchev–Trinajstić information content (AvgIpc) is 3.04.